The fourth-order valence-corrected chi connectivity index (χ4v) is 3.32. The highest BCUT2D eigenvalue weighted by Crippen LogP contribution is 2.36. The fraction of sp³-hybridized carbons (Fsp3) is 0.684. The van der Waals surface area contributed by atoms with Crippen molar-refractivity contribution in [1.29, 1.82) is 0 Å². The van der Waals surface area contributed by atoms with E-state index in [9.17, 15) is 4.79 Å². The fourth-order valence-electron chi connectivity index (χ4n) is 3.32. The number of anilines is 1. The molecule has 1 aromatic heterocycles. The average Bonchev–Trinajstić information content (AvgIpc) is 2.60. The Morgan fingerprint density at radius 3 is 2.84 bits per heavy atom. The quantitative estimate of drug-likeness (QED) is 0.728. The summed E-state index contributed by atoms with van der Waals surface area (Å²) in [5.41, 5.74) is 0.672. The van der Waals surface area contributed by atoms with E-state index in [1.54, 1.807) is 13.2 Å². The maximum absolute atomic E-state index is 12.8. The van der Waals surface area contributed by atoms with E-state index >= 15 is 0 Å². The van der Waals surface area contributed by atoms with Gasteiger partial charge in [-0.15, -0.1) is 0 Å². The highest BCUT2D eigenvalue weighted by molar-refractivity contribution is 5.97. The molecule has 1 N–H and O–H groups in total. The van der Waals surface area contributed by atoms with Crippen LogP contribution in [0.4, 0.5) is 5.69 Å². The minimum absolute atomic E-state index is 0.0866. The second-order valence-electron chi connectivity index (χ2n) is 6.68. The Kier molecular flexibility index (Phi) is 7.20. The van der Waals surface area contributed by atoms with E-state index < -0.39 is 5.60 Å². The molecule has 25 heavy (non-hydrogen) atoms. The van der Waals surface area contributed by atoms with E-state index in [2.05, 4.69) is 17.2 Å². The second-order valence-corrected chi connectivity index (χ2v) is 6.68. The van der Waals surface area contributed by atoms with Crippen molar-refractivity contribution in [2.45, 2.75) is 52.1 Å². The van der Waals surface area contributed by atoms with Crippen LogP contribution in [0.2, 0.25) is 0 Å². The molecule has 2 atom stereocenters. The first-order chi connectivity index (χ1) is 12.0. The third kappa shape index (κ3) is 5.16. The van der Waals surface area contributed by atoms with Gasteiger partial charge in [0.05, 0.1) is 18.0 Å². The summed E-state index contributed by atoms with van der Waals surface area (Å²) in [4.78, 5) is 17.2. The number of hydrogen-bond donors (Lipinski definition) is 1. The lowest BCUT2D eigenvalue weighted by atomic mass is 9.78. The lowest BCUT2D eigenvalue weighted by molar-refractivity contribution is -0.143. The molecule has 1 aromatic rings. The molecule has 140 valence electrons. The van der Waals surface area contributed by atoms with E-state index in [-0.39, 0.29) is 5.91 Å². The number of aromatic nitrogens is 1. The lowest BCUT2D eigenvalue weighted by Crippen LogP contribution is -2.48. The van der Waals surface area contributed by atoms with Crippen molar-refractivity contribution in [3.63, 3.8) is 0 Å². The normalized spacial score (nSPS) is 23.3. The third-order valence-corrected chi connectivity index (χ3v) is 4.75. The van der Waals surface area contributed by atoms with Crippen LogP contribution in [0.15, 0.2) is 12.1 Å². The van der Waals surface area contributed by atoms with Gasteiger partial charge in [-0.3, -0.25) is 4.79 Å². The van der Waals surface area contributed by atoms with E-state index in [4.69, 9.17) is 14.2 Å². The topological polar surface area (TPSA) is 69.7 Å². The molecule has 0 bridgehead atoms. The number of hydrogen-bond acceptors (Lipinski definition) is 5. The number of amides is 1. The van der Waals surface area contributed by atoms with E-state index in [1.807, 2.05) is 19.9 Å². The van der Waals surface area contributed by atoms with Crippen LogP contribution in [0, 0.1) is 12.8 Å². The molecule has 1 fully saturated rings. The summed E-state index contributed by atoms with van der Waals surface area (Å²) in [6.45, 7) is 7.62. The maximum atomic E-state index is 12.8. The molecule has 6 nitrogen and oxygen atoms in total. The molecule has 1 aliphatic rings. The number of methoxy groups -OCH3 is 1. The Bertz CT molecular complexity index is 579. The van der Waals surface area contributed by atoms with Gasteiger partial charge in [-0.2, -0.15) is 0 Å². The molecule has 0 aliphatic heterocycles. The lowest BCUT2D eigenvalue weighted by Gasteiger charge is -2.37. The number of aryl methyl sites for hydroxylation is 1. The van der Waals surface area contributed by atoms with Gasteiger partial charge >= 0.3 is 0 Å². The van der Waals surface area contributed by atoms with Crippen molar-refractivity contribution in [1.82, 2.24) is 4.98 Å². The first-order valence-electron chi connectivity index (χ1n) is 9.05. The van der Waals surface area contributed by atoms with Gasteiger partial charge in [0.15, 0.2) is 0 Å². The monoisotopic (exact) mass is 350 g/mol. The zero-order valence-electron chi connectivity index (χ0n) is 15.8. The molecule has 1 amide bonds. The van der Waals surface area contributed by atoms with E-state index in [1.165, 1.54) is 0 Å². The molecule has 6 heteroatoms. The van der Waals surface area contributed by atoms with E-state index in [0.717, 1.165) is 31.4 Å². The minimum Gasteiger partial charge on any atom is -0.475 e. The van der Waals surface area contributed by atoms with Crippen LogP contribution < -0.4 is 10.1 Å². The number of pyridine rings is 1. The Hall–Kier alpha value is -1.66. The summed E-state index contributed by atoms with van der Waals surface area (Å²) in [7, 11) is 1.62. The van der Waals surface area contributed by atoms with Gasteiger partial charge in [0, 0.05) is 19.8 Å². The van der Waals surface area contributed by atoms with Gasteiger partial charge in [0.1, 0.15) is 12.2 Å². The molecule has 0 spiro atoms. The first kappa shape index (κ1) is 19.7. The summed E-state index contributed by atoms with van der Waals surface area (Å²) in [6, 6.07) is 3.59. The number of ether oxygens (including phenoxy) is 3. The van der Waals surface area contributed by atoms with Crippen LogP contribution >= 0.6 is 0 Å². The van der Waals surface area contributed by atoms with Gasteiger partial charge in [-0.25, -0.2) is 4.98 Å². The Morgan fingerprint density at radius 2 is 2.20 bits per heavy atom. The molecular weight excluding hydrogens is 320 g/mol. The number of nitrogens with one attached hydrogen (secondary N) is 1. The molecule has 2 rings (SSSR count). The highest BCUT2D eigenvalue weighted by atomic mass is 16.5. The zero-order chi connectivity index (χ0) is 18.3. The van der Waals surface area contributed by atoms with Crippen LogP contribution in [-0.2, 0) is 14.3 Å². The molecule has 2 unspecified atom stereocenters. The van der Waals surface area contributed by atoms with Gasteiger partial charge in [0.25, 0.3) is 5.91 Å². The second kappa shape index (κ2) is 9.15. The van der Waals surface area contributed by atoms with Crippen molar-refractivity contribution < 1.29 is 19.0 Å². The van der Waals surface area contributed by atoms with Crippen molar-refractivity contribution in [2.75, 3.05) is 32.2 Å². The summed E-state index contributed by atoms with van der Waals surface area (Å²) in [5, 5.41) is 2.99. The Labute approximate surface area is 150 Å². The Balaban J connectivity index is 2.00. The predicted octanol–water partition coefficient (Wildman–Crippen LogP) is 3.34. The molecule has 1 saturated carbocycles. The highest BCUT2D eigenvalue weighted by Gasteiger charge is 2.42. The summed E-state index contributed by atoms with van der Waals surface area (Å²) in [5.74, 6) is 0.930. The molecule has 1 heterocycles. The van der Waals surface area contributed by atoms with Gasteiger partial charge in [-0.1, -0.05) is 13.3 Å². The van der Waals surface area contributed by atoms with Gasteiger partial charge in [-0.05, 0) is 45.1 Å². The number of carbonyl (C=O) groups is 1. The van der Waals surface area contributed by atoms with Crippen LogP contribution in [0.5, 0.6) is 5.88 Å². The summed E-state index contributed by atoms with van der Waals surface area (Å²) >= 11 is 0. The molecule has 0 saturated heterocycles. The molecule has 0 radical (unpaired) electrons. The van der Waals surface area contributed by atoms with Crippen molar-refractivity contribution >= 4 is 11.6 Å². The SMILES string of the molecule is CCOCCOc1ccc(NC(=O)C2(OC)CCCC(C)C2)c(C)n1. The van der Waals surface area contributed by atoms with Crippen LogP contribution in [-0.4, -0.2) is 43.4 Å². The number of rotatable bonds is 8. The predicted molar refractivity (Wildman–Crippen MR) is 97.0 cm³/mol. The molecule has 0 aromatic carbocycles. The zero-order valence-corrected chi connectivity index (χ0v) is 15.8. The number of carbonyl (C=O) groups excluding carboxylic acids is 1. The van der Waals surface area contributed by atoms with Crippen LogP contribution in [0.3, 0.4) is 0 Å². The largest absolute Gasteiger partial charge is 0.475 e. The third-order valence-electron chi connectivity index (χ3n) is 4.75. The smallest absolute Gasteiger partial charge is 0.256 e. The van der Waals surface area contributed by atoms with Crippen molar-refractivity contribution in [3.8, 4) is 5.88 Å². The van der Waals surface area contributed by atoms with Crippen molar-refractivity contribution in [3.05, 3.63) is 17.8 Å². The van der Waals surface area contributed by atoms with Crippen molar-refractivity contribution in [2.24, 2.45) is 5.92 Å². The van der Waals surface area contributed by atoms with Crippen LogP contribution in [0.25, 0.3) is 0 Å². The molecule has 1 aliphatic carbocycles. The summed E-state index contributed by atoms with van der Waals surface area (Å²) < 4.78 is 16.4. The standard InChI is InChI=1S/C19H30N2O4/c1-5-24-11-12-25-17-9-8-16(15(3)20-17)21-18(22)19(23-4)10-6-7-14(2)13-19/h8-9,14H,5-7,10-13H2,1-4H3,(H,21,22). The average molecular weight is 350 g/mol. The minimum atomic E-state index is -0.739. The molecular formula is C19H30N2O4. The Morgan fingerprint density at radius 1 is 1.40 bits per heavy atom. The summed E-state index contributed by atoms with van der Waals surface area (Å²) in [6.07, 6.45) is 3.66. The first-order valence-corrected chi connectivity index (χ1v) is 9.05. The van der Waals surface area contributed by atoms with Crippen LogP contribution in [0.1, 0.15) is 45.2 Å². The van der Waals surface area contributed by atoms with Gasteiger partial charge in [0.2, 0.25) is 5.88 Å². The van der Waals surface area contributed by atoms with Gasteiger partial charge < -0.3 is 19.5 Å². The number of nitrogens with zero attached hydrogens (tertiary/aromatic N) is 1. The van der Waals surface area contributed by atoms with E-state index in [0.29, 0.717) is 37.3 Å². The maximum Gasteiger partial charge on any atom is 0.256 e.